The number of hydrogen-bond acceptors (Lipinski definition) is 7. The van der Waals surface area contributed by atoms with Gasteiger partial charge in [0.05, 0.1) is 16.6 Å². The van der Waals surface area contributed by atoms with E-state index in [0.717, 1.165) is 28.3 Å². The topological polar surface area (TPSA) is 83.4 Å². The SMILES string of the molecule is O=C(O)CCCN1C(=O)/C(=C\c2ccc3nsnc3c2)SC1=S. The maximum absolute atomic E-state index is 12.4. The van der Waals surface area contributed by atoms with Gasteiger partial charge in [-0.15, -0.1) is 0 Å². The number of rotatable bonds is 5. The number of fused-ring (bicyclic) bond motifs is 1. The first-order valence-electron chi connectivity index (χ1n) is 6.74. The van der Waals surface area contributed by atoms with Crippen molar-refractivity contribution in [1.82, 2.24) is 13.6 Å². The second-order valence-corrected chi connectivity index (χ2v) is 7.05. The average molecular weight is 365 g/mol. The minimum absolute atomic E-state index is 0.0175. The zero-order valence-corrected chi connectivity index (χ0v) is 14.2. The van der Waals surface area contributed by atoms with Gasteiger partial charge in [0, 0.05) is 13.0 Å². The molecule has 0 atom stereocenters. The van der Waals surface area contributed by atoms with Crippen molar-refractivity contribution in [2.24, 2.45) is 0 Å². The number of carboxylic acid groups (broad SMARTS) is 1. The van der Waals surface area contributed by atoms with Crippen LogP contribution in [0.4, 0.5) is 0 Å². The Kier molecular flexibility index (Phi) is 4.69. The first-order chi connectivity index (χ1) is 11.0. The van der Waals surface area contributed by atoms with Gasteiger partial charge in [-0.2, -0.15) is 8.75 Å². The molecule has 1 aromatic heterocycles. The van der Waals surface area contributed by atoms with Crippen molar-refractivity contribution in [3.63, 3.8) is 0 Å². The molecule has 2 heterocycles. The Morgan fingerprint density at radius 3 is 2.91 bits per heavy atom. The standard InChI is InChI=1S/C14H11N3O3S3/c18-12(19)2-1-5-17-13(20)11(22-14(17)21)7-8-3-4-9-10(6-8)16-23-15-9/h3-4,6-7H,1-2,5H2,(H,18,19)/b11-7+. The van der Waals surface area contributed by atoms with Gasteiger partial charge in [0.25, 0.3) is 5.91 Å². The highest BCUT2D eigenvalue weighted by Gasteiger charge is 2.31. The van der Waals surface area contributed by atoms with E-state index in [2.05, 4.69) is 8.75 Å². The van der Waals surface area contributed by atoms with Crippen molar-refractivity contribution in [1.29, 1.82) is 0 Å². The summed E-state index contributed by atoms with van der Waals surface area (Å²) in [5.74, 6) is -1.06. The fourth-order valence-corrected chi connectivity index (χ4v) is 3.95. The van der Waals surface area contributed by atoms with Crippen LogP contribution in [-0.2, 0) is 9.59 Å². The molecule has 1 N–H and O–H groups in total. The maximum Gasteiger partial charge on any atom is 0.303 e. The van der Waals surface area contributed by atoms with Crippen LogP contribution in [0.2, 0.25) is 0 Å². The Morgan fingerprint density at radius 2 is 2.13 bits per heavy atom. The molecule has 2 aromatic rings. The van der Waals surface area contributed by atoms with Crippen LogP contribution < -0.4 is 0 Å². The minimum atomic E-state index is -0.879. The number of carboxylic acids is 1. The minimum Gasteiger partial charge on any atom is -0.481 e. The van der Waals surface area contributed by atoms with Crippen LogP contribution in [0.3, 0.4) is 0 Å². The fraction of sp³-hybridized carbons (Fsp3) is 0.214. The number of nitrogens with zero attached hydrogens (tertiary/aromatic N) is 3. The molecule has 1 aliphatic heterocycles. The third kappa shape index (κ3) is 3.57. The number of carbonyl (C=O) groups excluding carboxylic acids is 1. The van der Waals surface area contributed by atoms with E-state index in [1.54, 1.807) is 6.08 Å². The van der Waals surface area contributed by atoms with Gasteiger partial charge in [0.1, 0.15) is 15.4 Å². The van der Waals surface area contributed by atoms with E-state index in [0.29, 0.717) is 22.2 Å². The number of carbonyl (C=O) groups is 2. The Labute approximate surface area is 145 Å². The molecular formula is C14H11N3O3S3. The molecule has 3 rings (SSSR count). The molecule has 0 saturated carbocycles. The Morgan fingerprint density at radius 1 is 1.35 bits per heavy atom. The fourth-order valence-electron chi connectivity index (χ4n) is 2.12. The third-order valence-corrected chi connectivity index (χ3v) is 5.16. The summed E-state index contributed by atoms with van der Waals surface area (Å²) in [7, 11) is 0. The van der Waals surface area contributed by atoms with E-state index in [4.69, 9.17) is 17.3 Å². The first kappa shape index (κ1) is 16.0. The summed E-state index contributed by atoms with van der Waals surface area (Å²) in [4.78, 5) is 24.9. The lowest BCUT2D eigenvalue weighted by Crippen LogP contribution is -2.29. The number of amides is 1. The van der Waals surface area contributed by atoms with Gasteiger partial charge in [-0.3, -0.25) is 14.5 Å². The molecule has 0 radical (unpaired) electrons. The number of thiocarbonyl (C=S) groups is 1. The predicted octanol–water partition coefficient (Wildman–Crippen LogP) is 2.76. The summed E-state index contributed by atoms with van der Waals surface area (Å²) < 4.78 is 8.78. The molecule has 1 fully saturated rings. The van der Waals surface area contributed by atoms with Gasteiger partial charge < -0.3 is 5.11 Å². The van der Waals surface area contributed by atoms with Crippen molar-refractivity contribution < 1.29 is 14.7 Å². The molecule has 0 bridgehead atoms. The van der Waals surface area contributed by atoms with Crippen LogP contribution >= 0.6 is 35.7 Å². The number of hydrogen-bond donors (Lipinski definition) is 1. The summed E-state index contributed by atoms with van der Waals surface area (Å²) in [6.07, 6.45) is 2.17. The Bertz CT molecular complexity index is 831. The van der Waals surface area contributed by atoms with Gasteiger partial charge in [0.2, 0.25) is 0 Å². The summed E-state index contributed by atoms with van der Waals surface area (Å²) in [5.41, 5.74) is 2.48. The number of benzene rings is 1. The van der Waals surface area contributed by atoms with E-state index in [1.165, 1.54) is 16.7 Å². The van der Waals surface area contributed by atoms with E-state index >= 15 is 0 Å². The summed E-state index contributed by atoms with van der Waals surface area (Å²) in [5, 5.41) is 8.67. The van der Waals surface area contributed by atoms with Crippen LogP contribution in [0.25, 0.3) is 17.1 Å². The summed E-state index contributed by atoms with van der Waals surface area (Å²) in [6.45, 7) is 0.323. The zero-order chi connectivity index (χ0) is 16.4. The molecule has 0 unspecified atom stereocenters. The number of aliphatic carboxylic acids is 1. The smallest absolute Gasteiger partial charge is 0.303 e. The van der Waals surface area contributed by atoms with Crippen LogP contribution in [0.5, 0.6) is 0 Å². The molecule has 6 nitrogen and oxygen atoms in total. The normalized spacial score (nSPS) is 16.7. The third-order valence-electron chi connectivity index (χ3n) is 3.22. The number of aromatic nitrogens is 2. The van der Waals surface area contributed by atoms with Crippen LogP contribution in [-0.4, -0.2) is 41.5 Å². The van der Waals surface area contributed by atoms with Gasteiger partial charge in [-0.05, 0) is 30.2 Å². The highest BCUT2D eigenvalue weighted by atomic mass is 32.2. The van der Waals surface area contributed by atoms with Crippen molar-refractivity contribution >= 4 is 69.0 Å². The Balaban J connectivity index is 1.76. The molecule has 0 aliphatic carbocycles. The molecule has 1 saturated heterocycles. The molecule has 1 aromatic carbocycles. The van der Waals surface area contributed by atoms with Gasteiger partial charge in [0.15, 0.2) is 0 Å². The molecule has 118 valence electrons. The molecular weight excluding hydrogens is 354 g/mol. The predicted molar refractivity (Wildman–Crippen MR) is 94.2 cm³/mol. The van der Waals surface area contributed by atoms with E-state index in [9.17, 15) is 9.59 Å². The lowest BCUT2D eigenvalue weighted by Gasteiger charge is -2.13. The average Bonchev–Trinajstić information content (AvgIpc) is 3.06. The van der Waals surface area contributed by atoms with Crippen molar-refractivity contribution in [3.05, 3.63) is 28.7 Å². The Hall–Kier alpha value is -1.84. The first-order valence-corrected chi connectivity index (χ1v) is 8.69. The summed E-state index contributed by atoms with van der Waals surface area (Å²) in [6, 6.07) is 5.61. The van der Waals surface area contributed by atoms with Gasteiger partial charge in [-0.1, -0.05) is 30.0 Å². The van der Waals surface area contributed by atoms with Crippen LogP contribution in [0, 0.1) is 0 Å². The van der Waals surface area contributed by atoms with Crippen LogP contribution in [0.1, 0.15) is 18.4 Å². The van der Waals surface area contributed by atoms with Gasteiger partial charge >= 0.3 is 5.97 Å². The van der Waals surface area contributed by atoms with E-state index in [1.807, 2.05) is 18.2 Å². The lowest BCUT2D eigenvalue weighted by molar-refractivity contribution is -0.137. The lowest BCUT2D eigenvalue weighted by atomic mass is 10.2. The highest BCUT2D eigenvalue weighted by molar-refractivity contribution is 8.26. The molecule has 9 heteroatoms. The zero-order valence-electron chi connectivity index (χ0n) is 11.8. The molecule has 0 spiro atoms. The van der Waals surface area contributed by atoms with Crippen LogP contribution in [0.15, 0.2) is 23.1 Å². The quantitative estimate of drug-likeness (QED) is 0.644. The monoisotopic (exact) mass is 365 g/mol. The number of thioether (sulfide) groups is 1. The van der Waals surface area contributed by atoms with Crippen molar-refractivity contribution in [2.45, 2.75) is 12.8 Å². The van der Waals surface area contributed by atoms with Gasteiger partial charge in [-0.25, -0.2) is 0 Å². The van der Waals surface area contributed by atoms with Crippen molar-refractivity contribution in [3.8, 4) is 0 Å². The molecule has 1 aliphatic rings. The molecule has 1 amide bonds. The second kappa shape index (κ2) is 6.73. The van der Waals surface area contributed by atoms with E-state index in [-0.39, 0.29) is 12.3 Å². The second-order valence-electron chi connectivity index (χ2n) is 4.84. The van der Waals surface area contributed by atoms with Crippen molar-refractivity contribution in [2.75, 3.05) is 6.54 Å². The molecule has 23 heavy (non-hydrogen) atoms. The van der Waals surface area contributed by atoms with E-state index < -0.39 is 5.97 Å². The maximum atomic E-state index is 12.4. The largest absolute Gasteiger partial charge is 0.481 e. The summed E-state index contributed by atoms with van der Waals surface area (Å²) >= 11 is 7.59. The highest BCUT2D eigenvalue weighted by Crippen LogP contribution is 2.33.